The van der Waals surface area contributed by atoms with Crippen LogP contribution in [-0.2, 0) is 18.9 Å². The van der Waals surface area contributed by atoms with E-state index in [0.717, 1.165) is 12.8 Å². The Labute approximate surface area is 104 Å². The van der Waals surface area contributed by atoms with Gasteiger partial charge in [-0.05, 0) is 6.42 Å². The predicted molar refractivity (Wildman–Crippen MR) is 66.0 cm³/mol. The number of methoxy groups -OCH3 is 4. The molecule has 1 rings (SSSR count). The number of rotatable bonds is 6. The highest BCUT2D eigenvalue weighted by atomic mass is 16.7. The van der Waals surface area contributed by atoms with Gasteiger partial charge in [-0.1, -0.05) is 25.5 Å². The van der Waals surface area contributed by atoms with Crippen molar-refractivity contribution in [3.05, 3.63) is 12.2 Å². The summed E-state index contributed by atoms with van der Waals surface area (Å²) < 4.78 is 22.2. The second-order valence-corrected chi connectivity index (χ2v) is 4.43. The minimum Gasteiger partial charge on any atom is -0.374 e. The van der Waals surface area contributed by atoms with E-state index in [2.05, 4.69) is 13.0 Å². The maximum absolute atomic E-state index is 5.67. The first kappa shape index (κ1) is 14.6. The van der Waals surface area contributed by atoms with Crippen LogP contribution in [0, 0.1) is 0 Å². The summed E-state index contributed by atoms with van der Waals surface area (Å²) >= 11 is 0. The standard InChI is InChI=1S/C13H24O4/c1-6-8-12(15-3)9-7-11(14-2)13(10-12,16-4)17-5/h7,9,11H,6,8,10H2,1-5H3. The zero-order valence-corrected chi connectivity index (χ0v) is 11.5. The summed E-state index contributed by atoms with van der Waals surface area (Å²) in [6.07, 6.45) is 6.44. The van der Waals surface area contributed by atoms with Crippen LogP contribution in [0.25, 0.3) is 0 Å². The molecule has 0 aliphatic heterocycles. The van der Waals surface area contributed by atoms with Gasteiger partial charge in [0.05, 0.1) is 5.60 Å². The molecule has 4 heteroatoms. The van der Waals surface area contributed by atoms with E-state index in [0.29, 0.717) is 6.42 Å². The summed E-state index contributed by atoms with van der Waals surface area (Å²) in [5, 5.41) is 0. The molecule has 1 aliphatic rings. The monoisotopic (exact) mass is 244 g/mol. The van der Waals surface area contributed by atoms with Gasteiger partial charge in [0.2, 0.25) is 5.79 Å². The van der Waals surface area contributed by atoms with E-state index in [-0.39, 0.29) is 11.7 Å². The smallest absolute Gasteiger partial charge is 0.201 e. The molecule has 2 unspecified atom stereocenters. The van der Waals surface area contributed by atoms with Crippen LogP contribution in [0.5, 0.6) is 0 Å². The molecule has 0 heterocycles. The lowest BCUT2D eigenvalue weighted by atomic mass is 9.81. The second-order valence-electron chi connectivity index (χ2n) is 4.43. The van der Waals surface area contributed by atoms with Gasteiger partial charge < -0.3 is 18.9 Å². The second kappa shape index (κ2) is 5.96. The van der Waals surface area contributed by atoms with E-state index >= 15 is 0 Å². The topological polar surface area (TPSA) is 36.9 Å². The average molecular weight is 244 g/mol. The Morgan fingerprint density at radius 1 is 1.12 bits per heavy atom. The summed E-state index contributed by atoms with van der Waals surface area (Å²) in [5.74, 6) is -0.769. The Bertz CT molecular complexity index is 260. The Morgan fingerprint density at radius 2 is 1.76 bits per heavy atom. The maximum Gasteiger partial charge on any atom is 0.201 e. The van der Waals surface area contributed by atoms with Crippen molar-refractivity contribution in [2.24, 2.45) is 0 Å². The van der Waals surface area contributed by atoms with Gasteiger partial charge in [0.25, 0.3) is 0 Å². The fourth-order valence-electron chi connectivity index (χ4n) is 2.54. The molecule has 2 atom stereocenters. The van der Waals surface area contributed by atoms with Crippen molar-refractivity contribution in [1.82, 2.24) is 0 Å². The molecule has 100 valence electrons. The molecule has 0 bridgehead atoms. The fraction of sp³-hybridized carbons (Fsp3) is 0.846. The molecule has 17 heavy (non-hydrogen) atoms. The highest BCUT2D eigenvalue weighted by Crippen LogP contribution is 2.39. The van der Waals surface area contributed by atoms with Gasteiger partial charge >= 0.3 is 0 Å². The van der Waals surface area contributed by atoms with Crippen LogP contribution in [-0.4, -0.2) is 45.9 Å². The molecule has 0 aromatic rings. The van der Waals surface area contributed by atoms with E-state index < -0.39 is 5.79 Å². The Balaban J connectivity index is 3.03. The van der Waals surface area contributed by atoms with E-state index in [1.54, 1.807) is 28.4 Å². The average Bonchev–Trinajstić information content (AvgIpc) is 2.38. The zero-order valence-electron chi connectivity index (χ0n) is 11.5. The molecule has 0 fully saturated rings. The molecule has 0 aromatic carbocycles. The summed E-state index contributed by atoms with van der Waals surface area (Å²) in [7, 11) is 6.66. The highest BCUT2D eigenvalue weighted by Gasteiger charge is 2.49. The van der Waals surface area contributed by atoms with Gasteiger partial charge in [-0.2, -0.15) is 0 Å². The van der Waals surface area contributed by atoms with E-state index in [9.17, 15) is 0 Å². The summed E-state index contributed by atoms with van der Waals surface area (Å²) in [5.41, 5.74) is -0.324. The molecular weight excluding hydrogens is 220 g/mol. The number of hydrogen-bond donors (Lipinski definition) is 0. The van der Waals surface area contributed by atoms with Crippen LogP contribution in [0.1, 0.15) is 26.2 Å². The first-order chi connectivity index (χ1) is 8.12. The van der Waals surface area contributed by atoms with Crippen molar-refractivity contribution in [2.45, 2.75) is 43.7 Å². The normalized spacial score (nSPS) is 31.7. The largest absolute Gasteiger partial charge is 0.374 e. The summed E-state index contributed by atoms with van der Waals surface area (Å²) in [6, 6.07) is 0. The maximum atomic E-state index is 5.67. The zero-order chi connectivity index (χ0) is 12.9. The first-order valence-corrected chi connectivity index (χ1v) is 5.99. The van der Waals surface area contributed by atoms with Crippen molar-refractivity contribution < 1.29 is 18.9 Å². The number of hydrogen-bond acceptors (Lipinski definition) is 4. The molecule has 0 N–H and O–H groups in total. The third kappa shape index (κ3) is 2.71. The van der Waals surface area contributed by atoms with Crippen molar-refractivity contribution in [2.75, 3.05) is 28.4 Å². The van der Waals surface area contributed by atoms with E-state index in [1.165, 1.54) is 0 Å². The molecular formula is C13H24O4. The molecule has 1 aliphatic carbocycles. The van der Waals surface area contributed by atoms with Crippen LogP contribution < -0.4 is 0 Å². The lowest BCUT2D eigenvalue weighted by Gasteiger charge is -2.45. The quantitative estimate of drug-likeness (QED) is 0.530. The van der Waals surface area contributed by atoms with Crippen LogP contribution in [0.2, 0.25) is 0 Å². The van der Waals surface area contributed by atoms with Crippen LogP contribution >= 0.6 is 0 Å². The van der Waals surface area contributed by atoms with Gasteiger partial charge in [-0.25, -0.2) is 0 Å². The van der Waals surface area contributed by atoms with Crippen molar-refractivity contribution in [1.29, 1.82) is 0 Å². The van der Waals surface area contributed by atoms with Crippen LogP contribution in [0.15, 0.2) is 12.2 Å². The van der Waals surface area contributed by atoms with E-state index in [4.69, 9.17) is 18.9 Å². The first-order valence-electron chi connectivity index (χ1n) is 5.99. The minimum absolute atomic E-state index is 0.211. The van der Waals surface area contributed by atoms with Crippen molar-refractivity contribution in [3.63, 3.8) is 0 Å². The van der Waals surface area contributed by atoms with Crippen molar-refractivity contribution >= 4 is 0 Å². The molecule has 0 radical (unpaired) electrons. The molecule has 4 nitrogen and oxygen atoms in total. The SMILES string of the molecule is CCCC1(OC)C=CC(OC)C(OC)(OC)C1. The van der Waals surface area contributed by atoms with E-state index in [1.807, 2.05) is 6.08 Å². The van der Waals surface area contributed by atoms with Crippen LogP contribution in [0.4, 0.5) is 0 Å². The molecule has 0 saturated heterocycles. The third-order valence-corrected chi connectivity index (χ3v) is 3.58. The predicted octanol–water partition coefficient (Wildman–Crippen LogP) is 2.14. The Morgan fingerprint density at radius 3 is 2.18 bits per heavy atom. The molecule has 0 amide bonds. The van der Waals surface area contributed by atoms with Crippen LogP contribution in [0.3, 0.4) is 0 Å². The van der Waals surface area contributed by atoms with Crippen molar-refractivity contribution in [3.8, 4) is 0 Å². The fourth-order valence-corrected chi connectivity index (χ4v) is 2.54. The van der Waals surface area contributed by atoms with Gasteiger partial charge in [0.15, 0.2) is 0 Å². The van der Waals surface area contributed by atoms with Gasteiger partial charge in [0.1, 0.15) is 6.10 Å². The van der Waals surface area contributed by atoms with Gasteiger partial charge in [0, 0.05) is 34.9 Å². The molecule has 0 saturated carbocycles. The lowest BCUT2D eigenvalue weighted by Crippen LogP contribution is -2.55. The summed E-state index contributed by atoms with van der Waals surface area (Å²) in [6.45, 7) is 2.14. The summed E-state index contributed by atoms with van der Waals surface area (Å²) in [4.78, 5) is 0. The lowest BCUT2D eigenvalue weighted by molar-refractivity contribution is -0.278. The molecule has 0 spiro atoms. The Hall–Kier alpha value is -0.420. The highest BCUT2D eigenvalue weighted by molar-refractivity contribution is 5.16. The third-order valence-electron chi connectivity index (χ3n) is 3.58. The Kier molecular flexibility index (Phi) is 5.13. The minimum atomic E-state index is -0.769. The number of ether oxygens (including phenoxy) is 4. The van der Waals surface area contributed by atoms with Gasteiger partial charge in [-0.3, -0.25) is 0 Å². The molecule has 0 aromatic heterocycles. The van der Waals surface area contributed by atoms with Gasteiger partial charge in [-0.15, -0.1) is 0 Å².